The summed E-state index contributed by atoms with van der Waals surface area (Å²) in [5.74, 6) is 0.154. The topological polar surface area (TPSA) is 79.4 Å². The molecule has 1 aliphatic heterocycles. The summed E-state index contributed by atoms with van der Waals surface area (Å²) < 4.78 is 23.2. The van der Waals surface area contributed by atoms with Crippen LogP contribution in [-0.2, 0) is 21.2 Å². The van der Waals surface area contributed by atoms with Crippen LogP contribution in [0.4, 0.5) is 0 Å². The zero-order chi connectivity index (χ0) is 15.3. The van der Waals surface area contributed by atoms with Crippen molar-refractivity contribution in [2.24, 2.45) is 0 Å². The molecule has 1 fully saturated rings. The molecule has 0 saturated carbocycles. The molecule has 1 unspecified atom stereocenters. The van der Waals surface area contributed by atoms with Crippen LogP contribution < -0.4 is 5.32 Å². The van der Waals surface area contributed by atoms with Gasteiger partial charge in [0.05, 0.1) is 23.7 Å². The first kappa shape index (κ1) is 15.9. The molecule has 1 aromatic heterocycles. The minimum absolute atomic E-state index is 0.0415. The summed E-state index contributed by atoms with van der Waals surface area (Å²) in [5.41, 5.74) is 0.830. The predicted molar refractivity (Wildman–Crippen MR) is 80.4 cm³/mol. The third kappa shape index (κ3) is 4.78. The first-order chi connectivity index (χ1) is 10.00. The maximum absolute atomic E-state index is 12.3. The van der Waals surface area contributed by atoms with Gasteiger partial charge in [0.15, 0.2) is 9.84 Å². The van der Waals surface area contributed by atoms with Crippen LogP contribution >= 0.6 is 0 Å². The minimum Gasteiger partial charge on any atom is -0.337 e. The molecule has 0 aromatic carbocycles. The second-order valence-electron chi connectivity index (χ2n) is 5.20. The third-order valence-corrected chi connectivity index (χ3v) is 5.27. The standard InChI is InChI=1S/C14H21N3O3S/c1-2-17(10-12-5-3-4-6-15-12)14(18)9-13-11-21(19,20)8-7-16-13/h3-6,13,16H,2,7-11H2,1H3. The quantitative estimate of drug-likeness (QED) is 0.841. The largest absolute Gasteiger partial charge is 0.337 e. The fourth-order valence-corrected chi connectivity index (χ4v) is 3.85. The van der Waals surface area contributed by atoms with Crippen LogP contribution in [0.1, 0.15) is 19.0 Å². The molecule has 0 bridgehead atoms. The molecule has 0 spiro atoms. The van der Waals surface area contributed by atoms with Gasteiger partial charge in [-0.1, -0.05) is 6.07 Å². The first-order valence-corrected chi connectivity index (χ1v) is 8.94. The molecule has 1 amide bonds. The van der Waals surface area contributed by atoms with Gasteiger partial charge in [0.25, 0.3) is 0 Å². The molecule has 1 saturated heterocycles. The summed E-state index contributed by atoms with van der Waals surface area (Å²) in [7, 11) is -3.01. The number of hydrogen-bond acceptors (Lipinski definition) is 5. The maximum atomic E-state index is 12.3. The van der Waals surface area contributed by atoms with Gasteiger partial charge in [-0.25, -0.2) is 8.42 Å². The molecule has 21 heavy (non-hydrogen) atoms. The zero-order valence-corrected chi connectivity index (χ0v) is 13.0. The fourth-order valence-electron chi connectivity index (χ4n) is 2.40. The van der Waals surface area contributed by atoms with E-state index in [2.05, 4.69) is 10.3 Å². The molecule has 7 heteroatoms. The molecule has 0 radical (unpaired) electrons. The molecule has 1 aliphatic rings. The van der Waals surface area contributed by atoms with E-state index in [0.717, 1.165) is 5.69 Å². The summed E-state index contributed by atoms with van der Waals surface area (Å²) in [6, 6.07) is 5.31. The van der Waals surface area contributed by atoms with Crippen molar-refractivity contribution >= 4 is 15.7 Å². The van der Waals surface area contributed by atoms with Crippen molar-refractivity contribution in [1.29, 1.82) is 0 Å². The van der Waals surface area contributed by atoms with Crippen molar-refractivity contribution in [3.05, 3.63) is 30.1 Å². The van der Waals surface area contributed by atoms with Gasteiger partial charge >= 0.3 is 0 Å². The number of nitrogens with zero attached hydrogens (tertiary/aromatic N) is 2. The number of sulfone groups is 1. The van der Waals surface area contributed by atoms with Gasteiger partial charge in [-0.2, -0.15) is 0 Å². The molecular formula is C14H21N3O3S. The van der Waals surface area contributed by atoms with Crippen LogP contribution in [0.5, 0.6) is 0 Å². The van der Waals surface area contributed by atoms with E-state index in [1.165, 1.54) is 0 Å². The van der Waals surface area contributed by atoms with Gasteiger partial charge in [0.2, 0.25) is 5.91 Å². The summed E-state index contributed by atoms with van der Waals surface area (Å²) in [4.78, 5) is 18.2. The van der Waals surface area contributed by atoms with E-state index in [4.69, 9.17) is 0 Å². The lowest BCUT2D eigenvalue weighted by atomic mass is 10.2. The number of amides is 1. The highest BCUT2D eigenvalue weighted by Crippen LogP contribution is 2.09. The Morgan fingerprint density at radius 1 is 1.48 bits per heavy atom. The van der Waals surface area contributed by atoms with E-state index < -0.39 is 9.84 Å². The van der Waals surface area contributed by atoms with Gasteiger partial charge in [-0.05, 0) is 19.1 Å². The van der Waals surface area contributed by atoms with Gasteiger partial charge in [0.1, 0.15) is 0 Å². The highest BCUT2D eigenvalue weighted by molar-refractivity contribution is 7.91. The second-order valence-corrected chi connectivity index (χ2v) is 7.43. The maximum Gasteiger partial charge on any atom is 0.224 e. The van der Waals surface area contributed by atoms with Crippen molar-refractivity contribution in [2.75, 3.05) is 24.6 Å². The average molecular weight is 311 g/mol. The minimum atomic E-state index is -3.01. The van der Waals surface area contributed by atoms with Gasteiger partial charge in [-0.15, -0.1) is 0 Å². The van der Waals surface area contributed by atoms with E-state index in [1.54, 1.807) is 11.1 Å². The second kappa shape index (κ2) is 7.00. The Morgan fingerprint density at radius 3 is 2.90 bits per heavy atom. The van der Waals surface area contributed by atoms with E-state index in [0.29, 0.717) is 19.6 Å². The Morgan fingerprint density at radius 2 is 2.29 bits per heavy atom. The Hall–Kier alpha value is -1.47. The lowest BCUT2D eigenvalue weighted by molar-refractivity contribution is -0.132. The predicted octanol–water partition coefficient (Wildman–Crippen LogP) is 0.207. The average Bonchev–Trinajstić information content (AvgIpc) is 2.44. The van der Waals surface area contributed by atoms with Crippen molar-refractivity contribution < 1.29 is 13.2 Å². The van der Waals surface area contributed by atoms with Gasteiger partial charge in [0, 0.05) is 31.7 Å². The van der Waals surface area contributed by atoms with Crippen molar-refractivity contribution in [1.82, 2.24) is 15.2 Å². The number of rotatable bonds is 5. The van der Waals surface area contributed by atoms with E-state index in [9.17, 15) is 13.2 Å². The van der Waals surface area contributed by atoms with E-state index in [-0.39, 0.29) is 29.9 Å². The number of nitrogens with one attached hydrogen (secondary N) is 1. The normalized spacial score (nSPS) is 20.9. The monoisotopic (exact) mass is 311 g/mol. The highest BCUT2D eigenvalue weighted by Gasteiger charge is 2.27. The molecule has 6 nitrogen and oxygen atoms in total. The number of carbonyl (C=O) groups excluding carboxylic acids is 1. The van der Waals surface area contributed by atoms with Gasteiger partial charge in [-0.3, -0.25) is 9.78 Å². The lowest BCUT2D eigenvalue weighted by Crippen LogP contribution is -2.47. The summed E-state index contributed by atoms with van der Waals surface area (Å²) in [5, 5.41) is 3.11. The first-order valence-electron chi connectivity index (χ1n) is 7.11. The van der Waals surface area contributed by atoms with Crippen LogP contribution in [0.3, 0.4) is 0 Å². The van der Waals surface area contributed by atoms with Crippen LogP contribution in [0.15, 0.2) is 24.4 Å². The number of pyridine rings is 1. The summed E-state index contributed by atoms with van der Waals surface area (Å²) in [6.45, 7) is 3.36. The van der Waals surface area contributed by atoms with Gasteiger partial charge < -0.3 is 10.2 Å². The smallest absolute Gasteiger partial charge is 0.224 e. The van der Waals surface area contributed by atoms with Crippen molar-refractivity contribution in [2.45, 2.75) is 25.9 Å². The molecule has 1 N–H and O–H groups in total. The summed E-state index contributed by atoms with van der Waals surface area (Å²) >= 11 is 0. The SMILES string of the molecule is CCN(Cc1ccccn1)C(=O)CC1CS(=O)(=O)CCN1. The molecule has 0 aliphatic carbocycles. The Kier molecular flexibility index (Phi) is 5.30. The van der Waals surface area contributed by atoms with Crippen LogP contribution in [0.25, 0.3) is 0 Å². The molecule has 2 heterocycles. The Balaban J connectivity index is 1.94. The van der Waals surface area contributed by atoms with Crippen molar-refractivity contribution in [3.63, 3.8) is 0 Å². The lowest BCUT2D eigenvalue weighted by Gasteiger charge is -2.26. The van der Waals surface area contributed by atoms with E-state index >= 15 is 0 Å². The molecule has 2 rings (SSSR count). The molecule has 1 aromatic rings. The number of hydrogen-bond donors (Lipinski definition) is 1. The molecular weight excluding hydrogens is 290 g/mol. The van der Waals surface area contributed by atoms with Crippen LogP contribution in [-0.4, -0.2) is 54.8 Å². The zero-order valence-electron chi connectivity index (χ0n) is 12.2. The van der Waals surface area contributed by atoms with Crippen molar-refractivity contribution in [3.8, 4) is 0 Å². The Bertz CT molecular complexity index is 574. The van der Waals surface area contributed by atoms with E-state index in [1.807, 2.05) is 25.1 Å². The van der Waals surface area contributed by atoms with Crippen LogP contribution in [0, 0.1) is 0 Å². The highest BCUT2D eigenvalue weighted by atomic mass is 32.2. The number of aromatic nitrogens is 1. The summed E-state index contributed by atoms with van der Waals surface area (Å²) in [6.07, 6.45) is 1.91. The number of carbonyl (C=O) groups is 1. The van der Waals surface area contributed by atoms with Crippen LogP contribution in [0.2, 0.25) is 0 Å². The fraction of sp³-hybridized carbons (Fsp3) is 0.571. The molecule has 1 atom stereocenters. The molecule has 116 valence electrons. The Labute approximate surface area is 125 Å². The third-order valence-electron chi connectivity index (χ3n) is 3.54.